The summed E-state index contributed by atoms with van der Waals surface area (Å²) >= 11 is 0. The minimum atomic E-state index is -0.614. The molecular formula is C31H22N2O7. The number of hydrogen-bond donors (Lipinski definition) is 1. The molecule has 0 bridgehead atoms. The van der Waals surface area contributed by atoms with Gasteiger partial charge in [0.1, 0.15) is 17.9 Å². The van der Waals surface area contributed by atoms with Gasteiger partial charge in [-0.05, 0) is 72.4 Å². The van der Waals surface area contributed by atoms with Crippen molar-refractivity contribution in [2.24, 2.45) is 0 Å². The number of rotatable bonds is 5. The Morgan fingerprint density at radius 3 is 2.65 bits per heavy atom. The van der Waals surface area contributed by atoms with Crippen LogP contribution in [0.3, 0.4) is 0 Å². The van der Waals surface area contributed by atoms with Crippen LogP contribution in [-0.4, -0.2) is 21.0 Å². The van der Waals surface area contributed by atoms with E-state index in [1.54, 1.807) is 18.2 Å². The minimum absolute atomic E-state index is 0.0149. The summed E-state index contributed by atoms with van der Waals surface area (Å²) in [4.78, 5) is 41.3. The van der Waals surface area contributed by atoms with Crippen molar-refractivity contribution >= 4 is 45.2 Å². The lowest BCUT2D eigenvalue weighted by molar-refractivity contribution is -0.384. The van der Waals surface area contributed by atoms with E-state index in [1.807, 2.05) is 30.3 Å². The van der Waals surface area contributed by atoms with Crippen molar-refractivity contribution in [3.05, 3.63) is 121 Å². The number of non-ortho nitro benzene ring substituents is 1. The Kier molecular flexibility index (Phi) is 6.31. The highest BCUT2D eigenvalue weighted by Gasteiger charge is 2.26. The Hall–Kier alpha value is -5.31. The van der Waals surface area contributed by atoms with Gasteiger partial charge in [0.05, 0.1) is 21.7 Å². The van der Waals surface area contributed by atoms with Crippen LogP contribution in [-0.2, 0) is 17.8 Å². The lowest BCUT2D eigenvalue weighted by Gasteiger charge is -2.22. The summed E-state index contributed by atoms with van der Waals surface area (Å²) in [5, 5.41) is 22.0. The summed E-state index contributed by atoms with van der Waals surface area (Å²) in [7, 11) is 0. The van der Waals surface area contributed by atoms with Crippen molar-refractivity contribution in [2.75, 3.05) is 0 Å². The number of nitro benzene ring substituents is 1. The van der Waals surface area contributed by atoms with E-state index in [9.17, 15) is 24.8 Å². The molecule has 9 heteroatoms. The number of carbonyl (C=O) groups is 1. The molecule has 1 aliphatic rings. The molecule has 6 rings (SSSR count). The van der Waals surface area contributed by atoms with E-state index in [1.165, 1.54) is 30.3 Å². The van der Waals surface area contributed by atoms with Crippen LogP contribution in [0.4, 0.5) is 5.69 Å². The van der Waals surface area contributed by atoms with Gasteiger partial charge in [0.2, 0.25) is 0 Å². The summed E-state index contributed by atoms with van der Waals surface area (Å²) in [5.74, 6) is -0.580. The number of fused-ring (bicyclic) bond motifs is 3. The van der Waals surface area contributed by atoms with E-state index in [0.717, 1.165) is 29.5 Å². The maximum absolute atomic E-state index is 13.7. The number of aromatic nitrogens is 1. The number of phenolic OH excluding ortho intramolecular Hbond substituents is 1. The first-order valence-corrected chi connectivity index (χ1v) is 12.7. The molecule has 198 valence electrons. The molecule has 0 radical (unpaired) electrons. The number of carbonyl (C=O) groups excluding carboxylic acids is 1. The molecule has 0 unspecified atom stereocenters. The third kappa shape index (κ3) is 4.69. The van der Waals surface area contributed by atoms with Gasteiger partial charge in [0.15, 0.2) is 0 Å². The largest absolute Gasteiger partial charge is 0.508 e. The number of phenols is 1. The smallest absolute Gasteiger partial charge is 0.339 e. The van der Waals surface area contributed by atoms with Crippen LogP contribution in [0.2, 0.25) is 0 Å². The van der Waals surface area contributed by atoms with Crippen LogP contribution in [0.1, 0.15) is 45.6 Å². The second kappa shape index (κ2) is 10.1. The number of allylic oxidation sites excluding steroid dienone is 1. The number of ether oxygens (including phenoxy) is 1. The van der Waals surface area contributed by atoms with Crippen LogP contribution in [0.25, 0.3) is 33.5 Å². The molecule has 0 saturated heterocycles. The SMILES string of the molecule is O=C(OCc1cc(=O)oc2cc(O)ccc12)c1c2c(nc3ccccc13)/C(=C/c1ccc([N+](=O)[O-])cc1)CCC2. The van der Waals surface area contributed by atoms with Gasteiger partial charge in [0, 0.05) is 40.6 Å². The summed E-state index contributed by atoms with van der Waals surface area (Å²) < 4.78 is 11.0. The lowest BCUT2D eigenvalue weighted by Crippen LogP contribution is -2.16. The molecule has 0 spiro atoms. The molecule has 1 aliphatic carbocycles. The molecule has 5 aromatic rings. The van der Waals surface area contributed by atoms with E-state index < -0.39 is 16.5 Å². The fourth-order valence-electron chi connectivity index (χ4n) is 5.16. The maximum Gasteiger partial charge on any atom is 0.339 e. The first kappa shape index (κ1) is 25.0. The van der Waals surface area contributed by atoms with Crippen molar-refractivity contribution < 1.29 is 24.0 Å². The second-order valence-electron chi connectivity index (χ2n) is 9.55. The van der Waals surface area contributed by atoms with Gasteiger partial charge in [-0.25, -0.2) is 14.6 Å². The third-order valence-electron chi connectivity index (χ3n) is 6.99. The van der Waals surface area contributed by atoms with Crippen molar-refractivity contribution in [2.45, 2.75) is 25.9 Å². The molecule has 40 heavy (non-hydrogen) atoms. The predicted molar refractivity (Wildman–Crippen MR) is 149 cm³/mol. The highest BCUT2D eigenvalue weighted by atomic mass is 16.6. The van der Waals surface area contributed by atoms with Gasteiger partial charge < -0.3 is 14.3 Å². The topological polar surface area (TPSA) is 133 Å². The van der Waals surface area contributed by atoms with E-state index in [0.29, 0.717) is 39.5 Å². The monoisotopic (exact) mass is 534 g/mol. The zero-order valence-electron chi connectivity index (χ0n) is 21.1. The van der Waals surface area contributed by atoms with Crippen LogP contribution < -0.4 is 5.63 Å². The molecule has 0 amide bonds. The molecule has 2 heterocycles. The number of aromatic hydroxyl groups is 1. The number of para-hydroxylation sites is 1. The Morgan fingerprint density at radius 1 is 1.05 bits per heavy atom. The first-order valence-electron chi connectivity index (χ1n) is 12.7. The van der Waals surface area contributed by atoms with E-state index >= 15 is 0 Å². The van der Waals surface area contributed by atoms with Crippen LogP contribution >= 0.6 is 0 Å². The average Bonchev–Trinajstić information content (AvgIpc) is 2.94. The zero-order valence-corrected chi connectivity index (χ0v) is 21.1. The van der Waals surface area contributed by atoms with Crippen LogP contribution in [0.15, 0.2) is 82.0 Å². The number of nitro groups is 1. The molecule has 0 aliphatic heterocycles. The molecule has 0 atom stereocenters. The van der Waals surface area contributed by atoms with Crippen molar-refractivity contribution in [3.63, 3.8) is 0 Å². The predicted octanol–water partition coefficient (Wildman–Crippen LogP) is 6.19. The third-order valence-corrected chi connectivity index (χ3v) is 6.99. The summed E-state index contributed by atoms with van der Waals surface area (Å²) in [6.07, 6.45) is 4.11. The Labute approximate surface area is 227 Å². The van der Waals surface area contributed by atoms with Gasteiger partial charge in [-0.3, -0.25) is 10.1 Å². The zero-order chi connectivity index (χ0) is 27.8. The van der Waals surface area contributed by atoms with Gasteiger partial charge in [0.25, 0.3) is 5.69 Å². The molecular weight excluding hydrogens is 512 g/mol. The second-order valence-corrected chi connectivity index (χ2v) is 9.55. The highest BCUT2D eigenvalue weighted by Crippen LogP contribution is 2.37. The molecule has 9 nitrogen and oxygen atoms in total. The first-order chi connectivity index (χ1) is 19.4. The summed E-state index contributed by atoms with van der Waals surface area (Å²) in [5.41, 5.74) is 4.36. The van der Waals surface area contributed by atoms with Crippen LogP contribution in [0.5, 0.6) is 5.75 Å². The van der Waals surface area contributed by atoms with Crippen molar-refractivity contribution in [1.29, 1.82) is 0 Å². The average molecular weight is 535 g/mol. The van der Waals surface area contributed by atoms with Gasteiger partial charge in [-0.2, -0.15) is 0 Å². The van der Waals surface area contributed by atoms with Gasteiger partial charge in [-0.15, -0.1) is 0 Å². The Morgan fingerprint density at radius 2 is 1.85 bits per heavy atom. The molecule has 1 N–H and O–H groups in total. The summed E-state index contributed by atoms with van der Waals surface area (Å²) in [6.45, 7) is -0.164. The maximum atomic E-state index is 13.7. The highest BCUT2D eigenvalue weighted by molar-refractivity contribution is 6.06. The summed E-state index contributed by atoms with van der Waals surface area (Å²) in [6, 6.07) is 19.4. The standard InChI is InChI=1S/C31H22N2O7/c34-22-12-13-23-20(15-28(35)40-27(23)16-22)17-39-31(36)29-24-5-1-2-7-26(24)32-30-19(4-3-6-25(29)30)14-18-8-10-21(11-9-18)33(37)38/h1-2,5,7-16,34H,3-4,6,17H2/b19-14+. The number of nitrogens with zero attached hydrogens (tertiary/aromatic N) is 2. The van der Waals surface area contributed by atoms with E-state index in [4.69, 9.17) is 14.1 Å². The Bertz CT molecular complexity index is 1910. The molecule has 0 saturated carbocycles. The van der Waals surface area contributed by atoms with E-state index in [2.05, 4.69) is 0 Å². The molecule has 3 aromatic carbocycles. The number of esters is 1. The minimum Gasteiger partial charge on any atom is -0.508 e. The lowest BCUT2D eigenvalue weighted by atomic mass is 9.86. The normalized spacial score (nSPS) is 13.8. The fraction of sp³-hybridized carbons (Fsp3) is 0.129. The van der Waals surface area contributed by atoms with Crippen molar-refractivity contribution in [3.8, 4) is 5.75 Å². The number of hydrogen-bond acceptors (Lipinski definition) is 8. The van der Waals surface area contributed by atoms with E-state index in [-0.39, 0.29) is 23.6 Å². The number of pyridine rings is 1. The number of benzene rings is 3. The van der Waals surface area contributed by atoms with Gasteiger partial charge >= 0.3 is 11.6 Å². The van der Waals surface area contributed by atoms with Crippen LogP contribution in [0, 0.1) is 10.1 Å². The van der Waals surface area contributed by atoms with Crippen molar-refractivity contribution in [1.82, 2.24) is 4.98 Å². The Balaban J connectivity index is 1.39. The fourth-order valence-corrected chi connectivity index (χ4v) is 5.16. The quantitative estimate of drug-likeness (QED) is 0.122. The molecule has 0 fully saturated rings. The van der Waals surface area contributed by atoms with Gasteiger partial charge in [-0.1, -0.05) is 18.2 Å². The molecule has 2 aromatic heterocycles.